The van der Waals surface area contributed by atoms with Gasteiger partial charge in [-0.15, -0.1) is 0 Å². The van der Waals surface area contributed by atoms with Crippen molar-refractivity contribution < 1.29 is 16.8 Å². The molecule has 0 amide bonds. The number of nitrogens with two attached hydrogens (primary N) is 2. The molecule has 0 aliphatic heterocycles. The maximum atomic E-state index is 11.2. The van der Waals surface area contributed by atoms with E-state index in [1.54, 1.807) is 0 Å². The smallest absolute Gasteiger partial charge is 0.238 e. The Morgan fingerprint density at radius 1 is 1.21 bits per heavy atom. The van der Waals surface area contributed by atoms with E-state index in [2.05, 4.69) is 10.0 Å². The Labute approximate surface area is 112 Å². The first kappa shape index (κ1) is 15.7. The summed E-state index contributed by atoms with van der Waals surface area (Å²) in [6.07, 6.45) is 0. The molecule has 0 saturated carbocycles. The van der Waals surface area contributed by atoms with Gasteiger partial charge < -0.3 is 11.1 Å². The topological polar surface area (TPSA) is 144 Å². The predicted molar refractivity (Wildman–Crippen MR) is 73.6 cm³/mol. The van der Waals surface area contributed by atoms with Gasteiger partial charge in [0, 0.05) is 6.54 Å². The van der Waals surface area contributed by atoms with Crippen molar-refractivity contribution in [2.24, 2.45) is 5.14 Å². The minimum atomic E-state index is -3.80. The molecule has 0 aliphatic rings. The fraction of sp³-hybridized carbons (Fsp3) is 0.333. The largest absolute Gasteiger partial charge is 0.397 e. The molecule has 0 spiro atoms. The Kier molecular flexibility index (Phi) is 4.74. The van der Waals surface area contributed by atoms with Crippen LogP contribution in [0.5, 0.6) is 0 Å². The molecule has 0 unspecified atom stereocenters. The zero-order valence-electron chi connectivity index (χ0n) is 10.3. The van der Waals surface area contributed by atoms with Crippen molar-refractivity contribution in [2.45, 2.75) is 4.90 Å². The van der Waals surface area contributed by atoms with Crippen molar-refractivity contribution in [3.63, 3.8) is 0 Å². The van der Waals surface area contributed by atoms with Crippen molar-refractivity contribution in [1.29, 1.82) is 0 Å². The molecule has 0 fully saturated rings. The van der Waals surface area contributed by atoms with E-state index in [1.165, 1.54) is 25.2 Å². The second kappa shape index (κ2) is 5.74. The first-order chi connectivity index (χ1) is 8.65. The molecule has 0 aromatic heterocycles. The zero-order valence-corrected chi connectivity index (χ0v) is 11.9. The molecule has 1 aromatic rings. The Morgan fingerprint density at radius 2 is 1.84 bits per heavy atom. The number of anilines is 2. The number of hydrogen-bond acceptors (Lipinski definition) is 6. The van der Waals surface area contributed by atoms with E-state index in [-0.39, 0.29) is 22.9 Å². The van der Waals surface area contributed by atoms with Gasteiger partial charge in [-0.3, -0.25) is 0 Å². The average molecular weight is 308 g/mol. The van der Waals surface area contributed by atoms with Gasteiger partial charge in [-0.05, 0) is 25.2 Å². The van der Waals surface area contributed by atoms with Gasteiger partial charge in [-0.1, -0.05) is 0 Å². The summed E-state index contributed by atoms with van der Waals surface area (Å²) in [6.45, 7) is 0.141. The van der Waals surface area contributed by atoms with Crippen LogP contribution in [-0.2, 0) is 20.0 Å². The van der Waals surface area contributed by atoms with Crippen LogP contribution in [0.1, 0.15) is 0 Å². The fourth-order valence-electron chi connectivity index (χ4n) is 1.30. The molecule has 19 heavy (non-hydrogen) atoms. The van der Waals surface area contributed by atoms with Crippen LogP contribution >= 0.6 is 0 Å². The summed E-state index contributed by atoms with van der Waals surface area (Å²) < 4.78 is 46.7. The van der Waals surface area contributed by atoms with E-state index in [1.807, 2.05) is 0 Å². The highest BCUT2D eigenvalue weighted by molar-refractivity contribution is 7.89. The Hall–Kier alpha value is -1.36. The van der Waals surface area contributed by atoms with Crippen LogP contribution in [0.25, 0.3) is 0 Å². The van der Waals surface area contributed by atoms with Gasteiger partial charge in [0.1, 0.15) is 0 Å². The Morgan fingerprint density at radius 3 is 2.32 bits per heavy atom. The highest BCUT2D eigenvalue weighted by Crippen LogP contribution is 2.21. The molecule has 6 N–H and O–H groups in total. The highest BCUT2D eigenvalue weighted by atomic mass is 32.2. The van der Waals surface area contributed by atoms with Crippen LogP contribution in [0.15, 0.2) is 23.1 Å². The van der Waals surface area contributed by atoms with Gasteiger partial charge in [0.05, 0.1) is 22.0 Å². The lowest BCUT2D eigenvalue weighted by Crippen LogP contribution is -2.26. The van der Waals surface area contributed by atoms with Crippen LogP contribution < -0.4 is 20.9 Å². The molecule has 0 atom stereocenters. The standard InChI is InChI=1S/C9H16N4O4S2/c1-12-18(14,15)5-4-13-9-3-2-7(6-8(9)10)19(11,16)17/h2-3,6,12-13H,4-5,10H2,1H3,(H2,11,16,17). The molecule has 8 nitrogen and oxygen atoms in total. The minimum absolute atomic E-state index is 0.0987. The lowest BCUT2D eigenvalue weighted by Gasteiger charge is -2.10. The first-order valence-corrected chi connectivity index (χ1v) is 8.43. The molecular formula is C9H16N4O4S2. The number of primary sulfonamides is 1. The van der Waals surface area contributed by atoms with Crippen molar-refractivity contribution in [3.8, 4) is 0 Å². The van der Waals surface area contributed by atoms with Crippen LogP contribution in [0, 0.1) is 0 Å². The highest BCUT2D eigenvalue weighted by Gasteiger charge is 2.11. The van der Waals surface area contributed by atoms with Gasteiger partial charge in [0.2, 0.25) is 20.0 Å². The molecule has 1 aromatic carbocycles. The van der Waals surface area contributed by atoms with E-state index in [9.17, 15) is 16.8 Å². The van der Waals surface area contributed by atoms with Crippen molar-refractivity contribution in [1.82, 2.24) is 4.72 Å². The van der Waals surface area contributed by atoms with Crippen molar-refractivity contribution in [2.75, 3.05) is 30.4 Å². The van der Waals surface area contributed by atoms with Crippen LogP contribution in [-0.4, -0.2) is 36.2 Å². The summed E-state index contributed by atoms with van der Waals surface area (Å²) >= 11 is 0. The first-order valence-electron chi connectivity index (χ1n) is 5.23. The quantitative estimate of drug-likeness (QED) is 0.490. The van der Waals surface area contributed by atoms with Gasteiger partial charge in [-0.25, -0.2) is 26.7 Å². The normalized spacial score (nSPS) is 12.3. The number of sulfonamides is 2. The van der Waals surface area contributed by atoms with Gasteiger partial charge in [0.15, 0.2) is 0 Å². The molecule has 0 bridgehead atoms. The molecule has 0 heterocycles. The monoisotopic (exact) mass is 308 g/mol. The van der Waals surface area contributed by atoms with Crippen molar-refractivity contribution >= 4 is 31.4 Å². The van der Waals surface area contributed by atoms with E-state index >= 15 is 0 Å². The summed E-state index contributed by atoms with van der Waals surface area (Å²) in [6, 6.07) is 3.94. The van der Waals surface area contributed by atoms with Gasteiger partial charge in [-0.2, -0.15) is 0 Å². The van der Waals surface area contributed by atoms with Crippen LogP contribution in [0.4, 0.5) is 11.4 Å². The van der Waals surface area contributed by atoms with Crippen LogP contribution in [0.2, 0.25) is 0 Å². The zero-order chi connectivity index (χ0) is 14.7. The maximum Gasteiger partial charge on any atom is 0.238 e. The molecule has 0 radical (unpaired) electrons. The molecule has 108 valence electrons. The third kappa shape index (κ3) is 4.67. The number of benzene rings is 1. The third-order valence-corrected chi connectivity index (χ3v) is 4.62. The van der Waals surface area contributed by atoms with E-state index in [0.29, 0.717) is 5.69 Å². The summed E-state index contributed by atoms with van der Waals surface area (Å²) in [7, 11) is -5.78. The Bertz CT molecular complexity index is 655. The SMILES string of the molecule is CNS(=O)(=O)CCNc1ccc(S(N)(=O)=O)cc1N. The fourth-order valence-corrected chi connectivity index (χ4v) is 2.42. The molecule has 10 heteroatoms. The average Bonchev–Trinajstić information content (AvgIpc) is 2.30. The lowest BCUT2D eigenvalue weighted by atomic mass is 10.2. The third-order valence-electron chi connectivity index (χ3n) is 2.35. The number of nitrogens with one attached hydrogen (secondary N) is 2. The second-order valence-corrected chi connectivity index (χ2v) is 7.35. The molecule has 1 rings (SSSR count). The summed E-state index contributed by atoms with van der Waals surface area (Å²) in [5.74, 6) is -0.125. The minimum Gasteiger partial charge on any atom is -0.397 e. The van der Waals surface area contributed by atoms with Gasteiger partial charge >= 0.3 is 0 Å². The Balaban J connectivity index is 2.77. The molecule has 0 saturated heterocycles. The number of hydrogen-bond donors (Lipinski definition) is 4. The van der Waals surface area contributed by atoms with E-state index in [4.69, 9.17) is 10.9 Å². The predicted octanol–water partition coefficient (Wildman–Crippen LogP) is -1.12. The molecular weight excluding hydrogens is 292 g/mol. The van der Waals surface area contributed by atoms with E-state index < -0.39 is 20.0 Å². The van der Waals surface area contributed by atoms with Gasteiger partial charge in [0.25, 0.3) is 0 Å². The summed E-state index contributed by atoms with van der Waals surface area (Å²) in [5, 5.41) is 7.76. The molecule has 0 aliphatic carbocycles. The van der Waals surface area contributed by atoms with Crippen LogP contribution in [0.3, 0.4) is 0 Å². The maximum absolute atomic E-state index is 11.2. The number of nitrogen functional groups attached to an aromatic ring is 1. The van der Waals surface area contributed by atoms with E-state index in [0.717, 1.165) is 0 Å². The lowest BCUT2D eigenvalue weighted by molar-refractivity contribution is 0.588. The van der Waals surface area contributed by atoms with Crippen molar-refractivity contribution in [3.05, 3.63) is 18.2 Å². The summed E-state index contributed by atoms with van der Waals surface area (Å²) in [5.41, 5.74) is 6.27. The number of rotatable bonds is 6. The second-order valence-electron chi connectivity index (χ2n) is 3.74. The summed E-state index contributed by atoms with van der Waals surface area (Å²) in [4.78, 5) is -0.0987.